The zero-order valence-corrected chi connectivity index (χ0v) is 47.9. The topological polar surface area (TPSA) is 257 Å². The van der Waals surface area contributed by atoms with E-state index in [2.05, 4.69) is 46.2 Å². The van der Waals surface area contributed by atoms with E-state index in [1.54, 1.807) is 48.5 Å². The Morgan fingerprint density at radius 1 is 0.329 bits per heavy atom. The van der Waals surface area contributed by atoms with Crippen LogP contribution in [-0.4, -0.2) is 56.9 Å². The molecule has 0 spiro atoms. The lowest BCUT2D eigenvalue weighted by Gasteiger charge is -2.05. The second-order valence-corrected chi connectivity index (χ2v) is 22.4. The average Bonchev–Trinajstić information content (AvgIpc) is 3.33. The maximum Gasteiger partial charge on any atom is 0.196 e. The third-order valence-corrected chi connectivity index (χ3v) is 13.4. The summed E-state index contributed by atoms with van der Waals surface area (Å²) < 4.78 is 133. The molecule has 0 aliphatic heterocycles. The summed E-state index contributed by atoms with van der Waals surface area (Å²) in [6.07, 6.45) is 14.0. The molecule has 0 aliphatic rings. The van der Waals surface area contributed by atoms with Crippen LogP contribution in [-0.2, 0) is 68.7 Å². The number of hydrogen-bond acceptors (Lipinski definition) is 13. The van der Waals surface area contributed by atoms with Gasteiger partial charge in [0.05, 0.1) is 25.8 Å². The maximum absolute atomic E-state index is 10.4. The van der Waals surface area contributed by atoms with Crippen LogP contribution in [0.15, 0.2) is 209 Å². The molecule has 4 aromatic heterocycles. The molecule has 0 bridgehead atoms. The Morgan fingerprint density at radius 2 is 0.618 bits per heavy atom. The molecule has 0 aliphatic carbocycles. The van der Waals surface area contributed by atoms with E-state index in [1.165, 1.54) is 65.5 Å². The molecule has 17 nitrogen and oxygen atoms in total. The Morgan fingerprint density at radius 3 is 0.829 bits per heavy atom. The monoisotopic (exact) mass is 1120 g/mol. The van der Waals surface area contributed by atoms with Gasteiger partial charge in [-0.3, -0.25) is 0 Å². The van der Waals surface area contributed by atoms with Gasteiger partial charge in [-0.15, -0.1) is 0 Å². The van der Waals surface area contributed by atoms with Crippen LogP contribution in [0.1, 0.15) is 44.9 Å². The van der Waals surface area contributed by atoms with Gasteiger partial charge in [0.25, 0.3) is 0 Å². The summed E-state index contributed by atoms with van der Waals surface area (Å²) in [6, 6.07) is 39.4. The second kappa shape index (κ2) is 32.5. The van der Waals surface area contributed by atoms with Gasteiger partial charge in [-0.25, -0.2) is 56.9 Å². The molecule has 0 N–H and O–H groups in total. The van der Waals surface area contributed by atoms with E-state index in [4.69, 9.17) is 0 Å². The molecule has 4 aromatic carbocycles. The number of aryl methyl sites for hydroxylation is 12. The molecule has 0 amide bonds. The molecule has 408 valence electrons. The summed E-state index contributed by atoms with van der Waals surface area (Å²) in [5.74, 6) is 0. The normalized spacial score (nSPS) is 10.5. The molecule has 0 fully saturated rings. The first-order valence-corrected chi connectivity index (χ1v) is 28.4. The molecule has 0 radical (unpaired) electrons. The Hall–Kier alpha value is -6.95. The fourth-order valence-corrected chi connectivity index (χ4v) is 7.07. The van der Waals surface area contributed by atoms with Gasteiger partial charge >= 0.3 is 0 Å². The van der Waals surface area contributed by atoms with Crippen molar-refractivity contribution in [1.82, 2.24) is 4.98 Å². The van der Waals surface area contributed by atoms with Crippen LogP contribution in [0, 0.1) is 55.4 Å². The first-order chi connectivity index (χ1) is 35.2. The molecular weight excluding hydrogens is 1050 g/mol. The van der Waals surface area contributed by atoms with Gasteiger partial charge in [0.2, 0.25) is 0 Å². The average molecular weight is 1120 g/mol. The smallest absolute Gasteiger partial charge is 0.196 e. The van der Waals surface area contributed by atoms with E-state index in [1.807, 2.05) is 153 Å². The largest absolute Gasteiger partial charge is 0.744 e. The highest BCUT2D eigenvalue weighted by molar-refractivity contribution is 7.86. The summed E-state index contributed by atoms with van der Waals surface area (Å²) in [7, 11) is -9.01. The summed E-state index contributed by atoms with van der Waals surface area (Å²) in [4.78, 5) is 3.41. The maximum atomic E-state index is 10.4. The fraction of sp³-hybridized carbons (Fsp3) is 0.218. The standard InChI is InChI=1S/C7H11N2.2C7H10N.4C7H8O3S.C6H8N/c1-6-5-9(3)7(2)4-8-6;1-7-3-5-8(2)6-4-7;1-7-5-3-4-6-8(7)2;4*1-6-2-4-7(5-3-6)11(8,9)10;1-7-5-3-2-4-6-7/h4-5H,1-3H3;2*3-6H,1-2H3;4*2-5H,1H3,(H,8,9,10);2-6H,1H3/q3*+1;;;;;+1/p-4. The van der Waals surface area contributed by atoms with Crippen LogP contribution in [0.4, 0.5) is 0 Å². The van der Waals surface area contributed by atoms with Crippen LogP contribution in [0.3, 0.4) is 0 Å². The zero-order valence-electron chi connectivity index (χ0n) is 44.7. The summed E-state index contributed by atoms with van der Waals surface area (Å²) in [6.45, 7) is 15.5. The molecule has 0 saturated carbocycles. The van der Waals surface area contributed by atoms with Crippen molar-refractivity contribution in [3.8, 4) is 0 Å². The highest BCUT2D eigenvalue weighted by Crippen LogP contribution is 2.11. The van der Waals surface area contributed by atoms with Gasteiger partial charge in [0.15, 0.2) is 48.6 Å². The van der Waals surface area contributed by atoms with E-state index in [0.29, 0.717) is 0 Å². The lowest BCUT2D eigenvalue weighted by Crippen LogP contribution is -2.31. The van der Waals surface area contributed by atoms with E-state index in [9.17, 15) is 51.9 Å². The van der Waals surface area contributed by atoms with Crippen LogP contribution >= 0.6 is 0 Å². The van der Waals surface area contributed by atoms with Crippen molar-refractivity contribution in [3.05, 3.63) is 234 Å². The molecule has 8 aromatic rings. The van der Waals surface area contributed by atoms with Crippen molar-refractivity contribution in [2.24, 2.45) is 28.2 Å². The summed E-state index contributed by atoms with van der Waals surface area (Å²) in [5.41, 5.74) is 8.55. The lowest BCUT2D eigenvalue weighted by molar-refractivity contribution is -0.678. The number of rotatable bonds is 4. The Balaban J connectivity index is 0.000000436. The van der Waals surface area contributed by atoms with Gasteiger partial charge in [-0.05, 0) is 95.6 Å². The van der Waals surface area contributed by atoms with Gasteiger partial charge in [-0.2, -0.15) is 0 Å². The Bertz CT molecular complexity index is 3110. The molecule has 21 heteroatoms. The van der Waals surface area contributed by atoms with Crippen molar-refractivity contribution < 1.29 is 70.2 Å². The quantitative estimate of drug-likeness (QED) is 0.139. The minimum Gasteiger partial charge on any atom is -0.744 e. The second-order valence-electron chi connectivity index (χ2n) is 16.9. The van der Waals surface area contributed by atoms with E-state index < -0.39 is 40.5 Å². The number of hydrogen-bond donors (Lipinski definition) is 0. The molecule has 0 saturated heterocycles. The molecule has 76 heavy (non-hydrogen) atoms. The SMILES string of the molecule is C[n+]1ccccc1.Cc1c[n+](C)c(C)cn1.Cc1cc[n+](C)cc1.Cc1ccc(S(=O)(=O)[O-])cc1.Cc1ccc(S(=O)(=O)[O-])cc1.Cc1ccc(S(=O)(=O)[O-])cc1.Cc1ccc(S(=O)(=O)[O-])cc1.Cc1cccc[n+]1C. The summed E-state index contributed by atoms with van der Waals surface area (Å²) >= 11 is 0. The van der Waals surface area contributed by atoms with Crippen molar-refractivity contribution >= 4 is 40.5 Å². The van der Waals surface area contributed by atoms with Gasteiger partial charge < -0.3 is 18.2 Å². The zero-order chi connectivity index (χ0) is 57.9. The van der Waals surface area contributed by atoms with Crippen LogP contribution in [0.5, 0.6) is 0 Å². The van der Waals surface area contributed by atoms with Gasteiger partial charge in [-0.1, -0.05) is 82.9 Å². The fourth-order valence-electron chi connectivity index (χ4n) is 5.19. The third-order valence-electron chi connectivity index (χ3n) is 9.95. The van der Waals surface area contributed by atoms with Crippen LogP contribution in [0.25, 0.3) is 0 Å². The van der Waals surface area contributed by atoms with Crippen LogP contribution < -0.4 is 18.3 Å². The number of nitrogens with zero attached hydrogens (tertiary/aromatic N) is 5. The van der Waals surface area contributed by atoms with E-state index in [0.717, 1.165) is 27.9 Å². The first-order valence-electron chi connectivity index (χ1n) is 22.8. The van der Waals surface area contributed by atoms with Crippen molar-refractivity contribution in [1.29, 1.82) is 0 Å². The molecule has 4 heterocycles. The molecular formula is C55H67N5O12S4. The molecule has 0 unspecified atom stereocenters. The lowest BCUT2D eigenvalue weighted by atomic mass is 10.2. The molecule has 0 atom stereocenters. The molecule has 8 rings (SSSR count). The van der Waals surface area contributed by atoms with Crippen molar-refractivity contribution in [2.75, 3.05) is 0 Å². The number of aromatic nitrogens is 5. The minimum atomic E-state index is -4.27. The number of pyridine rings is 3. The van der Waals surface area contributed by atoms with E-state index >= 15 is 0 Å². The Labute approximate surface area is 450 Å². The minimum absolute atomic E-state index is 0.178. The van der Waals surface area contributed by atoms with Crippen molar-refractivity contribution in [2.45, 2.75) is 75.0 Å². The van der Waals surface area contributed by atoms with Crippen LogP contribution in [0.2, 0.25) is 0 Å². The van der Waals surface area contributed by atoms with Gasteiger partial charge in [0, 0.05) is 50.2 Å². The summed E-state index contributed by atoms with van der Waals surface area (Å²) in [5, 5.41) is 0. The third kappa shape index (κ3) is 29.8. The van der Waals surface area contributed by atoms with E-state index in [-0.39, 0.29) is 19.6 Å². The van der Waals surface area contributed by atoms with Crippen molar-refractivity contribution in [3.63, 3.8) is 0 Å². The van der Waals surface area contributed by atoms with Gasteiger partial charge in [0.1, 0.15) is 74.4 Å². The predicted octanol–water partition coefficient (Wildman–Crippen LogP) is 6.27. The highest BCUT2D eigenvalue weighted by Gasteiger charge is 2.02. The Kier molecular flexibility index (Phi) is 28.7. The first kappa shape index (κ1) is 67.1. The highest BCUT2D eigenvalue weighted by atomic mass is 32.2. The predicted molar refractivity (Wildman–Crippen MR) is 284 cm³/mol. The number of benzene rings is 4.